The predicted octanol–water partition coefficient (Wildman–Crippen LogP) is 3.61. The zero-order chi connectivity index (χ0) is 19.4. The Balaban J connectivity index is 1.78. The van der Waals surface area contributed by atoms with Crippen LogP contribution in [-0.2, 0) is 7.05 Å². The zero-order valence-electron chi connectivity index (χ0n) is 15.1. The van der Waals surface area contributed by atoms with E-state index in [1.807, 2.05) is 0 Å². The average Bonchev–Trinajstić information content (AvgIpc) is 3.06. The van der Waals surface area contributed by atoms with Gasteiger partial charge in [0.25, 0.3) is 0 Å². The Morgan fingerprint density at radius 3 is 2.63 bits per heavy atom. The monoisotopic (exact) mass is 387 g/mol. The first-order valence-electron chi connectivity index (χ1n) is 8.07. The Hall–Kier alpha value is -2.87. The normalized spacial score (nSPS) is 10.7. The van der Waals surface area contributed by atoms with Crippen LogP contribution in [0.4, 0.5) is 4.39 Å². The molecule has 0 spiro atoms. The third kappa shape index (κ3) is 3.95. The summed E-state index contributed by atoms with van der Waals surface area (Å²) in [6.45, 7) is 0. The number of rotatable bonds is 7. The first-order valence-corrected chi connectivity index (χ1v) is 9.06. The van der Waals surface area contributed by atoms with Gasteiger partial charge in [0.05, 0.1) is 31.1 Å². The molecule has 140 valence electrons. The number of carbonyl (C=O) groups is 1. The molecule has 0 fully saturated rings. The van der Waals surface area contributed by atoms with Crippen LogP contribution in [0.1, 0.15) is 10.4 Å². The maximum absolute atomic E-state index is 14.0. The smallest absolute Gasteiger partial charge is 0.191 e. The molecule has 3 rings (SSSR count). The van der Waals surface area contributed by atoms with E-state index in [0.29, 0.717) is 33.6 Å². The summed E-state index contributed by atoms with van der Waals surface area (Å²) in [5.41, 5.74) is 0.793. The van der Waals surface area contributed by atoms with Crippen molar-refractivity contribution in [3.05, 3.63) is 53.8 Å². The Morgan fingerprint density at radius 1 is 1.15 bits per heavy atom. The summed E-state index contributed by atoms with van der Waals surface area (Å²) in [5.74, 6) is 1.08. The van der Waals surface area contributed by atoms with Gasteiger partial charge in [-0.1, -0.05) is 23.9 Å². The zero-order valence-corrected chi connectivity index (χ0v) is 15.9. The lowest BCUT2D eigenvalue weighted by molar-refractivity contribution is 0.101. The highest BCUT2D eigenvalue weighted by atomic mass is 32.2. The van der Waals surface area contributed by atoms with E-state index in [2.05, 4.69) is 10.2 Å². The molecule has 0 saturated carbocycles. The molecule has 0 atom stereocenters. The first-order chi connectivity index (χ1) is 13.0. The van der Waals surface area contributed by atoms with Gasteiger partial charge in [-0.25, -0.2) is 4.39 Å². The number of ether oxygens (including phenoxy) is 2. The highest BCUT2D eigenvalue weighted by Crippen LogP contribution is 2.28. The van der Waals surface area contributed by atoms with Crippen LogP contribution in [0.15, 0.2) is 47.6 Å². The van der Waals surface area contributed by atoms with E-state index in [9.17, 15) is 9.18 Å². The molecule has 6 nitrogen and oxygen atoms in total. The van der Waals surface area contributed by atoms with Gasteiger partial charge < -0.3 is 14.0 Å². The topological polar surface area (TPSA) is 66.2 Å². The van der Waals surface area contributed by atoms with Gasteiger partial charge in [0.15, 0.2) is 16.8 Å². The molecule has 2 aromatic carbocycles. The maximum atomic E-state index is 14.0. The van der Waals surface area contributed by atoms with Gasteiger partial charge in [0, 0.05) is 7.05 Å². The van der Waals surface area contributed by atoms with Crippen molar-refractivity contribution < 1.29 is 18.7 Å². The van der Waals surface area contributed by atoms with Crippen molar-refractivity contribution in [2.75, 3.05) is 20.0 Å². The molecule has 8 heteroatoms. The van der Waals surface area contributed by atoms with Crippen molar-refractivity contribution in [2.24, 2.45) is 7.05 Å². The summed E-state index contributed by atoms with van der Waals surface area (Å²) in [6.07, 6.45) is 0. The number of methoxy groups -OCH3 is 2. The fourth-order valence-corrected chi connectivity index (χ4v) is 3.35. The summed E-state index contributed by atoms with van der Waals surface area (Å²) in [5, 5.41) is 8.65. The molecule has 0 aliphatic heterocycles. The fraction of sp³-hybridized carbons (Fsp3) is 0.211. The highest BCUT2D eigenvalue weighted by molar-refractivity contribution is 7.99. The number of halogens is 1. The molecule has 1 aromatic heterocycles. The first kappa shape index (κ1) is 18.9. The standard InChI is InChI=1S/C19H18FN3O3S/c1-23-18(13-6-4-5-7-15(13)20)21-22-19(23)27-11-16(24)14-10-12(25-2)8-9-17(14)26-3/h4-10H,11H2,1-3H3. The quantitative estimate of drug-likeness (QED) is 0.456. The van der Waals surface area contributed by atoms with Gasteiger partial charge >= 0.3 is 0 Å². The Morgan fingerprint density at radius 2 is 1.93 bits per heavy atom. The molecule has 0 radical (unpaired) electrons. The SMILES string of the molecule is COc1ccc(OC)c(C(=O)CSc2nnc(-c3ccccc3F)n2C)c1. The van der Waals surface area contributed by atoms with Gasteiger partial charge in [0.1, 0.15) is 17.3 Å². The highest BCUT2D eigenvalue weighted by Gasteiger charge is 2.18. The average molecular weight is 387 g/mol. The molecule has 3 aromatic rings. The molecule has 0 N–H and O–H groups in total. The summed E-state index contributed by atoms with van der Waals surface area (Å²) < 4.78 is 26.1. The largest absolute Gasteiger partial charge is 0.497 e. The van der Waals surface area contributed by atoms with Crippen LogP contribution < -0.4 is 9.47 Å². The van der Waals surface area contributed by atoms with Crippen molar-refractivity contribution in [3.8, 4) is 22.9 Å². The molecule has 0 aliphatic rings. The second-order valence-corrected chi connectivity index (χ2v) is 6.57. The van der Waals surface area contributed by atoms with E-state index in [1.165, 1.54) is 32.0 Å². The van der Waals surface area contributed by atoms with Crippen LogP contribution in [0.5, 0.6) is 11.5 Å². The van der Waals surface area contributed by atoms with Gasteiger partial charge in [-0.05, 0) is 30.3 Å². The van der Waals surface area contributed by atoms with Gasteiger partial charge in [-0.15, -0.1) is 10.2 Å². The Bertz CT molecular complexity index is 975. The number of aromatic nitrogens is 3. The van der Waals surface area contributed by atoms with Crippen molar-refractivity contribution in [1.29, 1.82) is 0 Å². The van der Waals surface area contributed by atoms with Gasteiger partial charge in [-0.2, -0.15) is 0 Å². The van der Waals surface area contributed by atoms with E-state index >= 15 is 0 Å². The van der Waals surface area contributed by atoms with Crippen LogP contribution >= 0.6 is 11.8 Å². The molecule has 0 amide bonds. The molecule has 0 aliphatic carbocycles. The number of hydrogen-bond acceptors (Lipinski definition) is 6. The third-order valence-corrected chi connectivity index (χ3v) is 5.01. The van der Waals surface area contributed by atoms with Gasteiger partial charge in [0.2, 0.25) is 0 Å². The van der Waals surface area contributed by atoms with Gasteiger partial charge in [-0.3, -0.25) is 4.79 Å². The van der Waals surface area contributed by atoms with E-state index in [-0.39, 0.29) is 17.4 Å². The molecule has 0 bridgehead atoms. The lowest BCUT2D eigenvalue weighted by Gasteiger charge is -2.09. The minimum atomic E-state index is -0.373. The van der Waals surface area contributed by atoms with Crippen LogP contribution in [0, 0.1) is 5.82 Å². The van der Waals surface area contributed by atoms with E-state index in [4.69, 9.17) is 9.47 Å². The molecule has 27 heavy (non-hydrogen) atoms. The van der Waals surface area contributed by atoms with E-state index in [1.54, 1.807) is 48.0 Å². The molecule has 0 saturated heterocycles. The molecular weight excluding hydrogens is 369 g/mol. The number of ketones is 1. The minimum Gasteiger partial charge on any atom is -0.497 e. The second-order valence-electron chi connectivity index (χ2n) is 5.62. The van der Waals surface area contributed by atoms with Crippen LogP contribution in [0.25, 0.3) is 11.4 Å². The van der Waals surface area contributed by atoms with Crippen molar-refractivity contribution in [1.82, 2.24) is 14.8 Å². The van der Waals surface area contributed by atoms with Crippen molar-refractivity contribution in [2.45, 2.75) is 5.16 Å². The lowest BCUT2D eigenvalue weighted by atomic mass is 10.1. The van der Waals surface area contributed by atoms with Crippen LogP contribution in [0.3, 0.4) is 0 Å². The molecule has 0 unspecified atom stereocenters. The number of carbonyl (C=O) groups excluding carboxylic acids is 1. The Labute approximate surface area is 160 Å². The third-order valence-electron chi connectivity index (χ3n) is 3.99. The number of thioether (sulfide) groups is 1. The lowest BCUT2D eigenvalue weighted by Crippen LogP contribution is -2.06. The minimum absolute atomic E-state index is 0.132. The predicted molar refractivity (Wildman–Crippen MR) is 101 cm³/mol. The van der Waals surface area contributed by atoms with Crippen LogP contribution in [0.2, 0.25) is 0 Å². The second kappa shape index (κ2) is 8.22. The number of hydrogen-bond donors (Lipinski definition) is 0. The molecular formula is C19H18FN3O3S. The molecule has 1 heterocycles. The fourth-order valence-electron chi connectivity index (χ4n) is 2.56. The maximum Gasteiger partial charge on any atom is 0.191 e. The summed E-state index contributed by atoms with van der Waals surface area (Å²) in [4.78, 5) is 12.6. The number of nitrogens with zero attached hydrogens (tertiary/aromatic N) is 3. The summed E-state index contributed by atoms with van der Waals surface area (Å²) in [7, 11) is 4.78. The van der Waals surface area contributed by atoms with Crippen LogP contribution in [-0.4, -0.2) is 40.5 Å². The van der Waals surface area contributed by atoms with E-state index < -0.39 is 0 Å². The van der Waals surface area contributed by atoms with E-state index in [0.717, 1.165) is 0 Å². The summed E-state index contributed by atoms with van der Waals surface area (Å²) >= 11 is 1.22. The van der Waals surface area contributed by atoms with Crippen molar-refractivity contribution >= 4 is 17.5 Å². The summed E-state index contributed by atoms with van der Waals surface area (Å²) in [6, 6.07) is 11.4. The number of Topliss-reactive ketones (excluding diaryl/α,β-unsaturated/α-hetero) is 1. The van der Waals surface area contributed by atoms with Crippen molar-refractivity contribution in [3.63, 3.8) is 0 Å². The number of benzene rings is 2. The Kier molecular flexibility index (Phi) is 5.75.